The Bertz CT molecular complexity index is 476. The van der Waals surface area contributed by atoms with Gasteiger partial charge in [-0.3, -0.25) is 14.9 Å². The molecule has 0 heterocycles. The molecular weight excluding hydrogens is 243 g/mol. The molecule has 98 valence electrons. The van der Waals surface area contributed by atoms with E-state index in [1.807, 2.05) is 0 Å². The summed E-state index contributed by atoms with van der Waals surface area (Å²) in [5.74, 6) is -1.54. The number of nitrogens with zero attached hydrogens (tertiary/aromatic N) is 2. The number of amides is 1. The lowest BCUT2D eigenvalue weighted by molar-refractivity contribution is -0.384. The first-order valence-corrected chi connectivity index (χ1v) is 5.20. The van der Waals surface area contributed by atoms with E-state index in [0.717, 1.165) is 23.1 Å². The third kappa shape index (κ3) is 3.24. The number of nitro benzene ring substituents is 1. The third-order valence-corrected chi connectivity index (χ3v) is 2.28. The van der Waals surface area contributed by atoms with Crippen molar-refractivity contribution in [2.45, 2.75) is 13.0 Å². The SMILES string of the molecule is CC(O)CN(C)C(=O)c1cc([N+](=O)[O-])ccc1F. The molecule has 0 aliphatic rings. The number of aliphatic hydroxyl groups excluding tert-OH is 1. The number of non-ortho nitro benzene ring substituents is 1. The summed E-state index contributed by atoms with van der Waals surface area (Å²) in [6.07, 6.45) is -0.763. The topological polar surface area (TPSA) is 83.7 Å². The molecule has 0 bridgehead atoms. The number of likely N-dealkylation sites (N-methyl/N-ethyl adjacent to an activating group) is 1. The smallest absolute Gasteiger partial charge is 0.270 e. The minimum absolute atomic E-state index is 0.0148. The number of carbonyl (C=O) groups is 1. The second kappa shape index (κ2) is 5.54. The van der Waals surface area contributed by atoms with Gasteiger partial charge in [0.15, 0.2) is 0 Å². The molecule has 0 aromatic heterocycles. The Balaban J connectivity index is 3.04. The lowest BCUT2D eigenvalue weighted by Gasteiger charge is -2.18. The summed E-state index contributed by atoms with van der Waals surface area (Å²) in [6.45, 7) is 1.49. The quantitative estimate of drug-likeness (QED) is 0.647. The highest BCUT2D eigenvalue weighted by Gasteiger charge is 2.20. The molecule has 1 amide bonds. The maximum absolute atomic E-state index is 13.4. The highest BCUT2D eigenvalue weighted by molar-refractivity contribution is 5.95. The Kier molecular flexibility index (Phi) is 4.33. The Morgan fingerprint density at radius 2 is 2.22 bits per heavy atom. The lowest BCUT2D eigenvalue weighted by atomic mass is 10.1. The zero-order valence-corrected chi connectivity index (χ0v) is 9.96. The summed E-state index contributed by atoms with van der Waals surface area (Å²) in [7, 11) is 1.38. The number of nitro groups is 1. The molecule has 1 atom stereocenters. The van der Waals surface area contributed by atoms with Crippen LogP contribution in [0.25, 0.3) is 0 Å². The molecule has 1 aromatic rings. The summed E-state index contributed by atoms with van der Waals surface area (Å²) in [5.41, 5.74) is -0.738. The lowest BCUT2D eigenvalue weighted by Crippen LogP contribution is -2.33. The highest BCUT2D eigenvalue weighted by atomic mass is 19.1. The number of hydrogen-bond acceptors (Lipinski definition) is 4. The largest absolute Gasteiger partial charge is 0.392 e. The monoisotopic (exact) mass is 256 g/mol. The molecule has 0 aliphatic carbocycles. The molecular formula is C11H13FN2O4. The van der Waals surface area contributed by atoms with Gasteiger partial charge in [0.05, 0.1) is 16.6 Å². The summed E-state index contributed by atoms with van der Waals surface area (Å²) < 4.78 is 13.4. The predicted molar refractivity (Wildman–Crippen MR) is 61.7 cm³/mol. The predicted octanol–water partition coefficient (Wildman–Crippen LogP) is 1.19. The second-order valence-electron chi connectivity index (χ2n) is 3.96. The van der Waals surface area contributed by atoms with Crippen LogP contribution in [0, 0.1) is 15.9 Å². The van der Waals surface area contributed by atoms with Crippen molar-refractivity contribution in [3.8, 4) is 0 Å². The van der Waals surface area contributed by atoms with E-state index in [0.29, 0.717) is 0 Å². The molecule has 1 aromatic carbocycles. The van der Waals surface area contributed by atoms with E-state index in [4.69, 9.17) is 5.11 Å². The van der Waals surface area contributed by atoms with E-state index in [9.17, 15) is 19.3 Å². The average Bonchev–Trinajstić information content (AvgIpc) is 2.27. The van der Waals surface area contributed by atoms with Crippen LogP contribution in [0.3, 0.4) is 0 Å². The van der Waals surface area contributed by atoms with Crippen LogP contribution >= 0.6 is 0 Å². The molecule has 0 spiro atoms. The van der Waals surface area contributed by atoms with Gasteiger partial charge in [-0.1, -0.05) is 0 Å². The molecule has 1 N–H and O–H groups in total. The fourth-order valence-corrected chi connectivity index (χ4v) is 1.48. The van der Waals surface area contributed by atoms with Crippen molar-refractivity contribution in [2.75, 3.05) is 13.6 Å². The van der Waals surface area contributed by atoms with Crippen molar-refractivity contribution in [1.29, 1.82) is 0 Å². The van der Waals surface area contributed by atoms with Crippen LogP contribution in [0.15, 0.2) is 18.2 Å². The van der Waals surface area contributed by atoms with Gasteiger partial charge in [-0.25, -0.2) is 4.39 Å². The van der Waals surface area contributed by atoms with E-state index < -0.39 is 22.8 Å². The van der Waals surface area contributed by atoms with Crippen molar-refractivity contribution >= 4 is 11.6 Å². The summed E-state index contributed by atoms with van der Waals surface area (Å²) in [4.78, 5) is 22.8. The summed E-state index contributed by atoms with van der Waals surface area (Å²) in [5, 5.41) is 19.7. The van der Waals surface area contributed by atoms with Crippen LogP contribution in [-0.4, -0.2) is 40.5 Å². The molecule has 18 heavy (non-hydrogen) atoms. The van der Waals surface area contributed by atoms with E-state index in [-0.39, 0.29) is 17.8 Å². The minimum atomic E-state index is -0.831. The van der Waals surface area contributed by atoms with Crippen molar-refractivity contribution in [3.05, 3.63) is 39.7 Å². The van der Waals surface area contributed by atoms with Crippen LogP contribution < -0.4 is 0 Å². The molecule has 0 radical (unpaired) electrons. The number of rotatable bonds is 4. The van der Waals surface area contributed by atoms with E-state index in [1.54, 1.807) is 0 Å². The van der Waals surface area contributed by atoms with Gasteiger partial charge in [-0.15, -0.1) is 0 Å². The molecule has 7 heteroatoms. The van der Waals surface area contributed by atoms with Gasteiger partial charge in [0, 0.05) is 25.7 Å². The van der Waals surface area contributed by atoms with E-state index in [2.05, 4.69) is 0 Å². The third-order valence-electron chi connectivity index (χ3n) is 2.28. The zero-order chi connectivity index (χ0) is 13.9. The molecule has 0 saturated heterocycles. The van der Waals surface area contributed by atoms with Crippen molar-refractivity contribution in [2.24, 2.45) is 0 Å². The Morgan fingerprint density at radius 3 is 2.72 bits per heavy atom. The number of aliphatic hydroxyl groups is 1. The first kappa shape index (κ1) is 14.0. The van der Waals surface area contributed by atoms with Gasteiger partial charge in [-0.05, 0) is 13.0 Å². The maximum Gasteiger partial charge on any atom is 0.270 e. The van der Waals surface area contributed by atoms with Gasteiger partial charge >= 0.3 is 0 Å². The van der Waals surface area contributed by atoms with Gasteiger partial charge in [0.1, 0.15) is 5.82 Å². The van der Waals surface area contributed by atoms with Crippen molar-refractivity contribution in [3.63, 3.8) is 0 Å². The van der Waals surface area contributed by atoms with Gasteiger partial charge in [-0.2, -0.15) is 0 Å². The van der Waals surface area contributed by atoms with E-state index >= 15 is 0 Å². The van der Waals surface area contributed by atoms with Crippen molar-refractivity contribution < 1.29 is 19.2 Å². The molecule has 1 unspecified atom stereocenters. The first-order chi connectivity index (χ1) is 8.32. The van der Waals surface area contributed by atoms with Crippen LogP contribution in [0.4, 0.5) is 10.1 Å². The van der Waals surface area contributed by atoms with Crippen LogP contribution in [0.2, 0.25) is 0 Å². The number of halogens is 1. The number of benzene rings is 1. The highest BCUT2D eigenvalue weighted by Crippen LogP contribution is 2.18. The normalized spacial score (nSPS) is 12.0. The first-order valence-electron chi connectivity index (χ1n) is 5.20. The molecule has 0 fully saturated rings. The molecule has 1 rings (SSSR count). The molecule has 0 aliphatic heterocycles. The van der Waals surface area contributed by atoms with E-state index in [1.165, 1.54) is 14.0 Å². The maximum atomic E-state index is 13.4. The fraction of sp³-hybridized carbons (Fsp3) is 0.364. The number of hydrogen-bond donors (Lipinski definition) is 1. The van der Waals surface area contributed by atoms with Crippen LogP contribution in [0.1, 0.15) is 17.3 Å². The van der Waals surface area contributed by atoms with Crippen LogP contribution in [0.5, 0.6) is 0 Å². The Labute approximate surface area is 103 Å². The van der Waals surface area contributed by atoms with Gasteiger partial charge in [0.2, 0.25) is 0 Å². The Hall–Kier alpha value is -2.02. The second-order valence-corrected chi connectivity index (χ2v) is 3.96. The van der Waals surface area contributed by atoms with Crippen molar-refractivity contribution in [1.82, 2.24) is 4.90 Å². The zero-order valence-electron chi connectivity index (χ0n) is 9.96. The standard InChI is InChI=1S/C11H13FN2O4/c1-7(15)6-13(2)11(16)9-5-8(14(17)18)3-4-10(9)12/h3-5,7,15H,6H2,1-2H3. The summed E-state index contributed by atoms with van der Waals surface area (Å²) in [6, 6.07) is 2.75. The number of carbonyl (C=O) groups excluding carboxylic acids is 1. The van der Waals surface area contributed by atoms with Crippen LogP contribution in [-0.2, 0) is 0 Å². The summed E-state index contributed by atoms with van der Waals surface area (Å²) >= 11 is 0. The average molecular weight is 256 g/mol. The minimum Gasteiger partial charge on any atom is -0.392 e. The van der Waals surface area contributed by atoms with Gasteiger partial charge < -0.3 is 10.0 Å². The molecule has 6 nitrogen and oxygen atoms in total. The fourth-order valence-electron chi connectivity index (χ4n) is 1.48. The van der Waals surface area contributed by atoms with Gasteiger partial charge in [0.25, 0.3) is 11.6 Å². The Morgan fingerprint density at radius 1 is 1.61 bits per heavy atom. The molecule has 0 saturated carbocycles.